The van der Waals surface area contributed by atoms with Gasteiger partial charge in [-0.2, -0.15) is 0 Å². The van der Waals surface area contributed by atoms with Crippen LogP contribution in [0.4, 0.5) is 0 Å². The smallest absolute Gasteiger partial charge is 0.349 e. The van der Waals surface area contributed by atoms with Crippen LogP contribution in [-0.2, 0) is 19.1 Å². The van der Waals surface area contributed by atoms with E-state index in [1.807, 2.05) is 20.8 Å². The van der Waals surface area contributed by atoms with Crippen molar-refractivity contribution < 1.29 is 24.2 Å². The number of carboxylic acids is 1. The van der Waals surface area contributed by atoms with E-state index in [4.69, 9.17) is 14.6 Å². The van der Waals surface area contributed by atoms with Crippen LogP contribution in [0.3, 0.4) is 0 Å². The van der Waals surface area contributed by atoms with Crippen molar-refractivity contribution in [2.75, 3.05) is 0 Å². The van der Waals surface area contributed by atoms with Crippen LogP contribution >= 0.6 is 0 Å². The number of carboxylic acid groups (broad SMARTS) is 1. The second-order valence-electron chi connectivity index (χ2n) is 5.58. The number of rotatable bonds is 3. The number of Topliss-reactive ketones (excluding diaryl/α,β-unsaturated/α-hetero) is 1. The lowest BCUT2D eigenvalue weighted by Gasteiger charge is -2.31. The number of aliphatic carboxylic acids is 1. The first-order valence-electron chi connectivity index (χ1n) is 6.06. The van der Waals surface area contributed by atoms with Gasteiger partial charge in [0.1, 0.15) is 5.60 Å². The first-order valence-corrected chi connectivity index (χ1v) is 6.06. The second kappa shape index (κ2) is 5.07. The van der Waals surface area contributed by atoms with Gasteiger partial charge in [0.05, 0.1) is 0 Å². The molecule has 5 nitrogen and oxygen atoms in total. The third kappa shape index (κ3) is 3.36. The van der Waals surface area contributed by atoms with E-state index < -0.39 is 17.7 Å². The van der Waals surface area contributed by atoms with Gasteiger partial charge in [-0.25, -0.2) is 4.79 Å². The van der Waals surface area contributed by atoms with Crippen LogP contribution in [0.5, 0.6) is 0 Å². The number of hydrogen-bond donors (Lipinski definition) is 1. The van der Waals surface area contributed by atoms with E-state index in [9.17, 15) is 9.59 Å². The van der Waals surface area contributed by atoms with Gasteiger partial charge in [-0.3, -0.25) is 4.79 Å². The number of carbonyl (C=O) groups is 2. The molecule has 1 atom stereocenters. The fourth-order valence-corrected chi connectivity index (χ4v) is 1.97. The molecule has 0 spiro atoms. The molecular formula is C14H20O5. The lowest BCUT2D eigenvalue weighted by atomic mass is 9.93. The molecule has 1 aliphatic rings. The molecule has 0 radical (unpaired) electrons. The predicted molar refractivity (Wildman–Crippen MR) is 69.4 cm³/mol. The molecule has 0 aromatic rings. The number of allylic oxidation sites excluding steroid dienone is 2. The largest absolute Gasteiger partial charge is 0.478 e. The fourth-order valence-electron chi connectivity index (χ4n) is 1.97. The van der Waals surface area contributed by atoms with Crippen molar-refractivity contribution in [3.8, 4) is 0 Å². The Morgan fingerprint density at radius 3 is 2.16 bits per heavy atom. The van der Waals surface area contributed by atoms with Gasteiger partial charge in [-0.15, -0.1) is 0 Å². The lowest BCUT2D eigenvalue weighted by molar-refractivity contribution is -0.152. The average Bonchev–Trinajstić information content (AvgIpc) is 2.19. The average molecular weight is 268 g/mol. The maximum Gasteiger partial charge on any atom is 0.349 e. The Bertz CT molecular complexity index is 477. The number of hydrogen-bond acceptors (Lipinski definition) is 4. The van der Waals surface area contributed by atoms with Gasteiger partial charge in [0.2, 0.25) is 6.10 Å². The molecule has 106 valence electrons. The molecule has 0 saturated heterocycles. The van der Waals surface area contributed by atoms with Gasteiger partial charge < -0.3 is 14.6 Å². The molecule has 1 aliphatic heterocycles. The van der Waals surface area contributed by atoms with Crippen LogP contribution in [0.1, 0.15) is 41.5 Å². The third-order valence-electron chi connectivity index (χ3n) is 2.67. The Morgan fingerprint density at radius 1 is 1.26 bits per heavy atom. The van der Waals surface area contributed by atoms with Crippen molar-refractivity contribution in [1.82, 2.24) is 0 Å². The molecule has 19 heavy (non-hydrogen) atoms. The zero-order valence-electron chi connectivity index (χ0n) is 12.2. The Labute approximate surface area is 112 Å². The van der Waals surface area contributed by atoms with Crippen molar-refractivity contribution in [3.05, 3.63) is 22.7 Å². The van der Waals surface area contributed by atoms with E-state index in [0.29, 0.717) is 16.7 Å². The van der Waals surface area contributed by atoms with Crippen LogP contribution in [0.2, 0.25) is 0 Å². The summed E-state index contributed by atoms with van der Waals surface area (Å²) < 4.78 is 11.0. The summed E-state index contributed by atoms with van der Waals surface area (Å²) in [6.45, 7) is 10.2. The minimum atomic E-state index is -1.18. The van der Waals surface area contributed by atoms with E-state index in [-0.39, 0.29) is 11.7 Å². The third-order valence-corrected chi connectivity index (χ3v) is 2.67. The predicted octanol–water partition coefficient (Wildman–Crippen LogP) is 2.42. The summed E-state index contributed by atoms with van der Waals surface area (Å²) in [5.74, 6) is -1.23. The summed E-state index contributed by atoms with van der Waals surface area (Å²) in [6.07, 6.45) is -1.18. The van der Waals surface area contributed by atoms with E-state index in [2.05, 4.69) is 0 Å². The van der Waals surface area contributed by atoms with Crippen molar-refractivity contribution in [3.63, 3.8) is 0 Å². The van der Waals surface area contributed by atoms with E-state index in [0.717, 1.165) is 0 Å². The maximum atomic E-state index is 11.7. The lowest BCUT2D eigenvalue weighted by Crippen LogP contribution is -2.33. The minimum absolute atomic E-state index is 0.107. The Kier molecular flexibility index (Phi) is 4.08. The zero-order valence-corrected chi connectivity index (χ0v) is 12.2. The standard InChI is InChI=1S/C14H20O5/c1-7-10(9(3)15)8(2)13(19-14(4,5)6)18-11(7)12(16)17/h11H,1-6H3,(H,16,17). The molecule has 1 N–H and O–H groups in total. The van der Waals surface area contributed by atoms with Crippen molar-refractivity contribution in [2.45, 2.75) is 53.2 Å². The number of ether oxygens (including phenoxy) is 2. The van der Waals surface area contributed by atoms with E-state index >= 15 is 0 Å². The Morgan fingerprint density at radius 2 is 1.79 bits per heavy atom. The van der Waals surface area contributed by atoms with E-state index in [1.54, 1.807) is 13.8 Å². The SMILES string of the molecule is CC(=O)C1=C(C)C(C(=O)O)OC(OC(C)(C)C)=C1C. The fraction of sp³-hybridized carbons (Fsp3) is 0.571. The van der Waals surface area contributed by atoms with Crippen molar-refractivity contribution in [1.29, 1.82) is 0 Å². The van der Waals surface area contributed by atoms with Crippen LogP contribution < -0.4 is 0 Å². The zero-order chi connectivity index (χ0) is 15.0. The van der Waals surface area contributed by atoms with Gasteiger partial charge in [0, 0.05) is 11.1 Å². The molecule has 0 bridgehead atoms. The summed E-state index contributed by atoms with van der Waals surface area (Å²) in [6, 6.07) is 0. The summed E-state index contributed by atoms with van der Waals surface area (Å²) in [4.78, 5) is 22.9. The number of carbonyl (C=O) groups excluding carboxylic acids is 1. The highest BCUT2D eigenvalue weighted by molar-refractivity contribution is 6.00. The highest BCUT2D eigenvalue weighted by Crippen LogP contribution is 2.32. The summed E-state index contributed by atoms with van der Waals surface area (Å²) >= 11 is 0. The van der Waals surface area contributed by atoms with Gasteiger partial charge in [-0.05, 0) is 47.1 Å². The van der Waals surface area contributed by atoms with E-state index in [1.165, 1.54) is 6.92 Å². The molecule has 1 unspecified atom stereocenters. The molecule has 5 heteroatoms. The van der Waals surface area contributed by atoms with Gasteiger partial charge in [0.25, 0.3) is 5.95 Å². The Hall–Kier alpha value is -1.78. The van der Waals surface area contributed by atoms with Crippen LogP contribution in [0, 0.1) is 0 Å². The molecule has 1 heterocycles. The summed E-state index contributed by atoms with van der Waals surface area (Å²) in [5, 5.41) is 9.16. The highest BCUT2D eigenvalue weighted by atomic mass is 16.7. The first kappa shape index (κ1) is 15.3. The van der Waals surface area contributed by atoms with Crippen LogP contribution in [0.25, 0.3) is 0 Å². The molecule has 0 amide bonds. The molecule has 0 aliphatic carbocycles. The van der Waals surface area contributed by atoms with Gasteiger partial charge in [-0.1, -0.05) is 0 Å². The maximum absolute atomic E-state index is 11.7. The van der Waals surface area contributed by atoms with Crippen LogP contribution in [-0.4, -0.2) is 28.6 Å². The molecule has 1 rings (SSSR count). The van der Waals surface area contributed by atoms with Crippen LogP contribution in [0.15, 0.2) is 22.7 Å². The van der Waals surface area contributed by atoms with Gasteiger partial charge >= 0.3 is 5.97 Å². The monoisotopic (exact) mass is 268 g/mol. The molecular weight excluding hydrogens is 248 g/mol. The van der Waals surface area contributed by atoms with Crippen molar-refractivity contribution in [2.24, 2.45) is 0 Å². The summed E-state index contributed by atoms with van der Waals surface area (Å²) in [5.41, 5.74) is 0.779. The quantitative estimate of drug-likeness (QED) is 0.851. The summed E-state index contributed by atoms with van der Waals surface area (Å²) in [7, 11) is 0. The normalized spacial score (nSPS) is 20.2. The number of ketones is 1. The topological polar surface area (TPSA) is 72.8 Å². The molecule has 0 aromatic carbocycles. The highest BCUT2D eigenvalue weighted by Gasteiger charge is 2.35. The Balaban J connectivity index is 3.32. The molecule has 0 fully saturated rings. The molecule has 0 aromatic heterocycles. The first-order chi connectivity index (χ1) is 8.54. The molecule has 0 saturated carbocycles. The van der Waals surface area contributed by atoms with Crippen molar-refractivity contribution >= 4 is 11.8 Å². The minimum Gasteiger partial charge on any atom is -0.478 e. The van der Waals surface area contributed by atoms with Gasteiger partial charge in [0.15, 0.2) is 5.78 Å². The second-order valence-corrected chi connectivity index (χ2v) is 5.58.